The molecule has 104 valence electrons. The van der Waals surface area contributed by atoms with E-state index in [0.29, 0.717) is 11.4 Å². The van der Waals surface area contributed by atoms with Crippen molar-refractivity contribution in [2.45, 2.75) is 13.0 Å². The average molecular weight is 291 g/mol. The number of carboxylic acids is 1. The zero-order chi connectivity index (χ0) is 14.7. The second kappa shape index (κ2) is 5.70. The van der Waals surface area contributed by atoms with Crippen molar-refractivity contribution < 1.29 is 19.4 Å². The van der Waals surface area contributed by atoms with Gasteiger partial charge in [-0.2, -0.15) is 0 Å². The van der Waals surface area contributed by atoms with Crippen LogP contribution in [0.2, 0.25) is 0 Å². The number of aliphatic carboxylic acids is 1. The van der Waals surface area contributed by atoms with E-state index in [9.17, 15) is 14.7 Å². The fourth-order valence-electron chi connectivity index (χ4n) is 1.54. The monoisotopic (exact) mass is 291 g/mol. The topological polar surface area (TPSA) is 90.5 Å². The molecule has 1 aliphatic heterocycles. The molecule has 0 aromatic heterocycles. The van der Waals surface area contributed by atoms with Gasteiger partial charge in [0.2, 0.25) is 0 Å². The molecule has 0 radical (unpaired) electrons. The quantitative estimate of drug-likeness (QED) is 0.577. The number of ether oxygens (including phenoxy) is 1. The van der Waals surface area contributed by atoms with Crippen LogP contribution in [-0.4, -0.2) is 23.1 Å². The van der Waals surface area contributed by atoms with Crippen LogP contribution in [0.3, 0.4) is 0 Å². The molecular formula is C13H11N2O4S-. The molecule has 1 fully saturated rings. The summed E-state index contributed by atoms with van der Waals surface area (Å²) < 4.78 is 5.14. The van der Waals surface area contributed by atoms with E-state index >= 15 is 0 Å². The van der Waals surface area contributed by atoms with Crippen molar-refractivity contribution in [2.75, 3.05) is 0 Å². The number of benzene rings is 1. The Kier molecular flexibility index (Phi) is 3.99. The maximum Gasteiger partial charge on any atom is 0.273 e. The first kappa shape index (κ1) is 14.0. The minimum absolute atomic E-state index is 0.268. The largest absolute Gasteiger partial charge is 0.546 e. The molecule has 0 spiro atoms. The van der Waals surface area contributed by atoms with E-state index in [2.05, 4.69) is 10.6 Å². The van der Waals surface area contributed by atoms with Crippen molar-refractivity contribution in [1.82, 2.24) is 10.6 Å². The minimum atomic E-state index is -1.28. The lowest BCUT2D eigenvalue weighted by Gasteiger charge is -2.15. The van der Waals surface area contributed by atoms with Crippen LogP contribution >= 0.6 is 12.2 Å². The number of rotatable bonds is 4. The van der Waals surface area contributed by atoms with Gasteiger partial charge < -0.3 is 20.0 Å². The Morgan fingerprint density at radius 3 is 2.50 bits per heavy atom. The van der Waals surface area contributed by atoms with E-state index in [4.69, 9.17) is 17.0 Å². The fourth-order valence-corrected chi connectivity index (χ4v) is 1.75. The summed E-state index contributed by atoms with van der Waals surface area (Å²) in [6.07, 6.45) is 0.597. The van der Waals surface area contributed by atoms with Gasteiger partial charge in [-0.05, 0) is 42.9 Å². The molecule has 0 unspecified atom stereocenters. The van der Waals surface area contributed by atoms with Crippen molar-refractivity contribution in [3.63, 3.8) is 0 Å². The number of carbonyl (C=O) groups is 2. The second-order valence-corrected chi connectivity index (χ2v) is 4.52. The molecule has 0 bridgehead atoms. The third kappa shape index (κ3) is 3.33. The number of amides is 1. The van der Waals surface area contributed by atoms with Crippen LogP contribution in [0.4, 0.5) is 0 Å². The predicted molar refractivity (Wildman–Crippen MR) is 73.4 cm³/mol. The van der Waals surface area contributed by atoms with Gasteiger partial charge in [0.05, 0.1) is 5.97 Å². The fraction of sp³-hybridized carbons (Fsp3) is 0.154. The molecule has 1 atom stereocenters. The van der Waals surface area contributed by atoms with E-state index in [1.807, 2.05) is 0 Å². The van der Waals surface area contributed by atoms with Gasteiger partial charge in [-0.25, -0.2) is 0 Å². The summed E-state index contributed by atoms with van der Waals surface area (Å²) in [4.78, 5) is 22.0. The van der Waals surface area contributed by atoms with Gasteiger partial charge in [-0.3, -0.25) is 10.1 Å². The SMILES string of the molecule is C[C@@H](Oc1ccc(/C=C2/NC(=S)NC2=O)cc1)C(=O)[O-]. The van der Waals surface area contributed by atoms with Crippen LogP contribution in [0, 0.1) is 0 Å². The Morgan fingerprint density at radius 2 is 2.00 bits per heavy atom. The Bertz CT molecular complexity index is 595. The van der Waals surface area contributed by atoms with E-state index in [1.54, 1.807) is 30.3 Å². The highest BCUT2D eigenvalue weighted by Crippen LogP contribution is 2.16. The normalized spacial score (nSPS) is 17.6. The third-order valence-corrected chi connectivity index (χ3v) is 2.76. The second-order valence-electron chi connectivity index (χ2n) is 4.11. The number of carboxylic acid groups (broad SMARTS) is 1. The molecule has 1 saturated heterocycles. The molecule has 0 saturated carbocycles. The molecule has 20 heavy (non-hydrogen) atoms. The first-order valence-corrected chi connectivity index (χ1v) is 6.18. The first-order chi connectivity index (χ1) is 9.45. The molecule has 0 aliphatic carbocycles. The Morgan fingerprint density at radius 1 is 1.35 bits per heavy atom. The number of hydrogen-bond donors (Lipinski definition) is 2. The van der Waals surface area contributed by atoms with Crippen LogP contribution in [0.25, 0.3) is 6.08 Å². The van der Waals surface area contributed by atoms with Gasteiger partial charge in [0.1, 0.15) is 17.6 Å². The lowest BCUT2D eigenvalue weighted by atomic mass is 10.2. The summed E-state index contributed by atoms with van der Waals surface area (Å²) in [7, 11) is 0. The standard InChI is InChI=1S/C13H12N2O4S/c1-7(12(17)18)19-9-4-2-8(3-5-9)6-10-11(16)15-13(20)14-10/h2-7H,1H3,(H,17,18)(H2,14,15,16,20)/p-1/b10-6+/t7-/m1/s1. The van der Waals surface area contributed by atoms with Gasteiger partial charge in [0, 0.05) is 0 Å². The summed E-state index contributed by atoms with van der Waals surface area (Å²) in [6, 6.07) is 6.61. The summed E-state index contributed by atoms with van der Waals surface area (Å²) in [5.41, 5.74) is 1.10. The van der Waals surface area contributed by atoms with Crippen molar-refractivity contribution >= 4 is 35.3 Å². The molecule has 2 N–H and O–H groups in total. The smallest absolute Gasteiger partial charge is 0.273 e. The van der Waals surface area contributed by atoms with Crippen molar-refractivity contribution in [3.05, 3.63) is 35.5 Å². The van der Waals surface area contributed by atoms with Crippen molar-refractivity contribution in [3.8, 4) is 5.75 Å². The zero-order valence-corrected chi connectivity index (χ0v) is 11.3. The van der Waals surface area contributed by atoms with Crippen molar-refractivity contribution in [1.29, 1.82) is 0 Å². The number of hydrogen-bond acceptors (Lipinski definition) is 5. The third-order valence-electron chi connectivity index (χ3n) is 2.56. The van der Waals surface area contributed by atoms with Crippen LogP contribution < -0.4 is 20.5 Å². The molecule has 7 heteroatoms. The van der Waals surface area contributed by atoms with Gasteiger partial charge in [-0.1, -0.05) is 12.1 Å². The summed E-state index contributed by atoms with van der Waals surface area (Å²) in [5.74, 6) is -1.17. The van der Waals surface area contributed by atoms with Crippen LogP contribution in [-0.2, 0) is 9.59 Å². The Balaban J connectivity index is 2.09. The molecule has 1 heterocycles. The van der Waals surface area contributed by atoms with E-state index in [1.165, 1.54) is 6.92 Å². The average Bonchev–Trinajstić information content (AvgIpc) is 2.70. The highest BCUT2D eigenvalue weighted by molar-refractivity contribution is 7.80. The summed E-state index contributed by atoms with van der Waals surface area (Å²) in [5, 5.41) is 16.0. The van der Waals surface area contributed by atoms with Gasteiger partial charge in [-0.15, -0.1) is 0 Å². The number of nitrogens with one attached hydrogen (secondary N) is 2. The summed E-state index contributed by atoms with van der Waals surface area (Å²) >= 11 is 4.82. The molecule has 2 rings (SSSR count). The molecule has 6 nitrogen and oxygen atoms in total. The van der Waals surface area contributed by atoms with Crippen LogP contribution in [0.1, 0.15) is 12.5 Å². The molecule has 1 aromatic rings. The maximum absolute atomic E-state index is 11.5. The number of thiocarbonyl (C=S) groups is 1. The van der Waals surface area contributed by atoms with E-state index < -0.39 is 12.1 Å². The van der Waals surface area contributed by atoms with Crippen molar-refractivity contribution in [2.24, 2.45) is 0 Å². The van der Waals surface area contributed by atoms with Gasteiger partial charge in [0.15, 0.2) is 5.11 Å². The highest BCUT2D eigenvalue weighted by Gasteiger charge is 2.19. The zero-order valence-electron chi connectivity index (χ0n) is 10.5. The highest BCUT2D eigenvalue weighted by atomic mass is 32.1. The first-order valence-electron chi connectivity index (χ1n) is 5.77. The van der Waals surface area contributed by atoms with Gasteiger partial charge >= 0.3 is 0 Å². The molecule has 1 amide bonds. The number of carbonyl (C=O) groups excluding carboxylic acids is 2. The maximum atomic E-state index is 11.5. The van der Waals surface area contributed by atoms with E-state index in [0.717, 1.165) is 5.56 Å². The summed E-state index contributed by atoms with van der Waals surface area (Å²) in [6.45, 7) is 1.39. The van der Waals surface area contributed by atoms with Crippen LogP contribution in [0.5, 0.6) is 5.75 Å². The lowest BCUT2D eigenvalue weighted by molar-refractivity contribution is -0.312. The Hall–Kier alpha value is -2.41. The molecule has 1 aromatic carbocycles. The minimum Gasteiger partial charge on any atom is -0.546 e. The molecule has 1 aliphatic rings. The Labute approximate surface area is 120 Å². The predicted octanol–water partition coefficient (Wildman–Crippen LogP) is -0.451. The molecular weight excluding hydrogens is 280 g/mol. The lowest BCUT2D eigenvalue weighted by Crippen LogP contribution is -2.37. The van der Waals surface area contributed by atoms with Gasteiger partial charge in [0.25, 0.3) is 5.91 Å². The van der Waals surface area contributed by atoms with E-state index in [-0.39, 0.29) is 11.0 Å². The van der Waals surface area contributed by atoms with Crippen LogP contribution in [0.15, 0.2) is 30.0 Å².